The van der Waals surface area contributed by atoms with Gasteiger partial charge < -0.3 is 14.2 Å². The van der Waals surface area contributed by atoms with E-state index in [1.165, 1.54) is 17.7 Å². The van der Waals surface area contributed by atoms with E-state index in [4.69, 9.17) is 9.72 Å². The van der Waals surface area contributed by atoms with E-state index < -0.39 is 0 Å². The van der Waals surface area contributed by atoms with Crippen LogP contribution in [0, 0.1) is 5.82 Å². The highest BCUT2D eigenvalue weighted by Crippen LogP contribution is 2.32. The SMILES string of the molecule is CC(C)c1ccccc1OCCCCn1c(C2CC(=O)N(Cc3ccc(F)cc3)C2)nc2ccccc21. The second-order valence-electron chi connectivity index (χ2n) is 10.2. The van der Waals surface area contributed by atoms with Gasteiger partial charge in [0.2, 0.25) is 5.91 Å². The number of para-hydroxylation sites is 3. The third-order valence-corrected chi connectivity index (χ3v) is 7.13. The second kappa shape index (κ2) is 11.2. The minimum Gasteiger partial charge on any atom is -0.493 e. The number of carbonyl (C=O) groups excluding carboxylic acids is 1. The maximum absolute atomic E-state index is 13.3. The Morgan fingerprint density at radius 3 is 2.57 bits per heavy atom. The van der Waals surface area contributed by atoms with Crippen molar-refractivity contribution in [2.75, 3.05) is 13.2 Å². The van der Waals surface area contributed by atoms with Crippen LogP contribution in [0.4, 0.5) is 4.39 Å². The van der Waals surface area contributed by atoms with Crippen LogP contribution in [0.25, 0.3) is 11.0 Å². The quantitative estimate of drug-likeness (QED) is 0.229. The molecular formula is C31H34FN3O2. The first-order chi connectivity index (χ1) is 18.0. The Kier molecular flexibility index (Phi) is 7.54. The van der Waals surface area contributed by atoms with Crippen LogP contribution < -0.4 is 4.74 Å². The number of hydrogen-bond donors (Lipinski definition) is 0. The van der Waals surface area contributed by atoms with Crippen LogP contribution in [0.5, 0.6) is 5.75 Å². The van der Waals surface area contributed by atoms with E-state index in [0.717, 1.165) is 47.6 Å². The molecule has 0 spiro atoms. The van der Waals surface area contributed by atoms with E-state index in [9.17, 15) is 9.18 Å². The molecule has 1 amide bonds. The number of fused-ring (bicyclic) bond motifs is 1. The number of aryl methyl sites for hydroxylation is 1. The van der Waals surface area contributed by atoms with E-state index in [0.29, 0.717) is 32.0 Å². The van der Waals surface area contributed by atoms with Crippen LogP contribution in [0.2, 0.25) is 0 Å². The van der Waals surface area contributed by atoms with Gasteiger partial charge in [0.1, 0.15) is 17.4 Å². The summed E-state index contributed by atoms with van der Waals surface area (Å²) in [5, 5.41) is 0. The zero-order valence-electron chi connectivity index (χ0n) is 21.6. The predicted octanol–water partition coefficient (Wildman–Crippen LogP) is 6.67. The number of ether oxygens (including phenoxy) is 1. The minimum atomic E-state index is -0.266. The van der Waals surface area contributed by atoms with Gasteiger partial charge in [0.15, 0.2) is 0 Å². The fraction of sp³-hybridized carbons (Fsp3) is 0.355. The van der Waals surface area contributed by atoms with Crippen molar-refractivity contribution in [3.05, 3.63) is 95.6 Å². The van der Waals surface area contributed by atoms with E-state index in [1.807, 2.05) is 35.2 Å². The molecule has 4 aromatic rings. The van der Waals surface area contributed by atoms with Crippen molar-refractivity contribution in [1.29, 1.82) is 0 Å². The molecule has 0 radical (unpaired) electrons. The Morgan fingerprint density at radius 1 is 1.00 bits per heavy atom. The number of rotatable bonds is 10. The zero-order chi connectivity index (χ0) is 25.8. The molecule has 5 rings (SSSR count). The Hall–Kier alpha value is -3.67. The number of hydrogen-bond acceptors (Lipinski definition) is 3. The van der Waals surface area contributed by atoms with Crippen molar-refractivity contribution in [2.45, 2.75) is 58.0 Å². The number of likely N-dealkylation sites (tertiary alicyclic amines) is 1. The molecule has 1 unspecified atom stereocenters. The lowest BCUT2D eigenvalue weighted by Gasteiger charge is -2.18. The zero-order valence-corrected chi connectivity index (χ0v) is 21.6. The summed E-state index contributed by atoms with van der Waals surface area (Å²) in [5.74, 6) is 2.25. The maximum atomic E-state index is 13.3. The first-order valence-electron chi connectivity index (χ1n) is 13.2. The number of carbonyl (C=O) groups is 1. The van der Waals surface area contributed by atoms with E-state index in [1.54, 1.807) is 12.1 Å². The molecule has 0 bridgehead atoms. The van der Waals surface area contributed by atoms with Gasteiger partial charge in [-0.05, 0) is 60.2 Å². The summed E-state index contributed by atoms with van der Waals surface area (Å²) >= 11 is 0. The first-order valence-corrected chi connectivity index (χ1v) is 13.2. The van der Waals surface area contributed by atoms with Gasteiger partial charge in [0.25, 0.3) is 0 Å². The normalized spacial score (nSPS) is 15.7. The Bertz CT molecular complexity index is 1360. The average molecular weight is 500 g/mol. The summed E-state index contributed by atoms with van der Waals surface area (Å²) in [6.45, 7) is 6.97. The molecule has 37 heavy (non-hydrogen) atoms. The Labute approximate surface area is 217 Å². The Balaban J connectivity index is 1.25. The summed E-state index contributed by atoms with van der Waals surface area (Å²) < 4.78 is 21.7. The summed E-state index contributed by atoms with van der Waals surface area (Å²) in [6, 6.07) is 22.8. The molecule has 1 aromatic heterocycles. The van der Waals surface area contributed by atoms with Crippen LogP contribution in [-0.2, 0) is 17.9 Å². The van der Waals surface area contributed by atoms with Crippen molar-refractivity contribution in [3.8, 4) is 5.75 Å². The minimum absolute atomic E-state index is 0.0366. The van der Waals surface area contributed by atoms with Crippen LogP contribution in [0.15, 0.2) is 72.8 Å². The number of imidazole rings is 1. The number of unbranched alkanes of at least 4 members (excludes halogenated alkanes) is 1. The van der Waals surface area contributed by atoms with Gasteiger partial charge in [-0.1, -0.05) is 56.3 Å². The molecule has 1 aliphatic rings. The molecule has 1 atom stereocenters. The first kappa shape index (κ1) is 25.0. The lowest BCUT2D eigenvalue weighted by Crippen LogP contribution is -2.24. The highest BCUT2D eigenvalue weighted by Gasteiger charge is 2.34. The molecule has 0 saturated carbocycles. The standard InChI is InChI=1S/C31H34FN3O2/c1-22(2)26-9-3-6-12-29(26)37-18-8-7-17-35-28-11-5-4-10-27(28)33-31(35)24-19-30(36)34(21-24)20-23-13-15-25(32)16-14-23/h3-6,9-16,22,24H,7-8,17-21H2,1-2H3. The molecule has 1 aliphatic heterocycles. The molecular weight excluding hydrogens is 465 g/mol. The van der Waals surface area contributed by atoms with Crippen LogP contribution in [-0.4, -0.2) is 33.5 Å². The van der Waals surface area contributed by atoms with Crippen LogP contribution >= 0.6 is 0 Å². The molecule has 6 heteroatoms. The molecule has 192 valence electrons. The van der Waals surface area contributed by atoms with E-state index in [-0.39, 0.29) is 17.6 Å². The lowest BCUT2D eigenvalue weighted by atomic mass is 10.0. The summed E-state index contributed by atoms with van der Waals surface area (Å²) in [4.78, 5) is 19.7. The van der Waals surface area contributed by atoms with E-state index in [2.05, 4.69) is 36.6 Å². The van der Waals surface area contributed by atoms with Gasteiger partial charge in [0.05, 0.1) is 17.6 Å². The highest BCUT2D eigenvalue weighted by atomic mass is 19.1. The largest absolute Gasteiger partial charge is 0.493 e. The third-order valence-electron chi connectivity index (χ3n) is 7.13. The Morgan fingerprint density at radius 2 is 1.76 bits per heavy atom. The topological polar surface area (TPSA) is 47.4 Å². The van der Waals surface area contributed by atoms with Crippen molar-refractivity contribution >= 4 is 16.9 Å². The van der Waals surface area contributed by atoms with Gasteiger partial charge in [0, 0.05) is 32.0 Å². The molecule has 0 aliphatic carbocycles. The fourth-order valence-corrected chi connectivity index (χ4v) is 5.19. The second-order valence-corrected chi connectivity index (χ2v) is 10.2. The monoisotopic (exact) mass is 499 g/mol. The van der Waals surface area contributed by atoms with E-state index >= 15 is 0 Å². The molecule has 0 N–H and O–H groups in total. The number of benzene rings is 3. The smallest absolute Gasteiger partial charge is 0.223 e. The van der Waals surface area contributed by atoms with Crippen molar-refractivity contribution in [1.82, 2.24) is 14.5 Å². The maximum Gasteiger partial charge on any atom is 0.223 e. The molecule has 3 aromatic carbocycles. The number of halogens is 1. The van der Waals surface area contributed by atoms with Gasteiger partial charge in [-0.15, -0.1) is 0 Å². The molecule has 1 fully saturated rings. The fourth-order valence-electron chi connectivity index (χ4n) is 5.19. The lowest BCUT2D eigenvalue weighted by molar-refractivity contribution is -0.128. The summed E-state index contributed by atoms with van der Waals surface area (Å²) in [6.07, 6.45) is 2.33. The van der Waals surface area contributed by atoms with Gasteiger partial charge in [-0.25, -0.2) is 9.37 Å². The van der Waals surface area contributed by atoms with Gasteiger partial charge in [-0.3, -0.25) is 4.79 Å². The number of amides is 1. The van der Waals surface area contributed by atoms with Gasteiger partial charge >= 0.3 is 0 Å². The number of nitrogens with zero attached hydrogens (tertiary/aromatic N) is 3. The highest BCUT2D eigenvalue weighted by molar-refractivity contribution is 5.81. The van der Waals surface area contributed by atoms with Crippen molar-refractivity contribution in [3.63, 3.8) is 0 Å². The molecule has 5 nitrogen and oxygen atoms in total. The number of aromatic nitrogens is 2. The van der Waals surface area contributed by atoms with Crippen LogP contribution in [0.1, 0.15) is 61.9 Å². The summed E-state index contributed by atoms with van der Waals surface area (Å²) in [7, 11) is 0. The van der Waals surface area contributed by atoms with Gasteiger partial charge in [-0.2, -0.15) is 0 Å². The van der Waals surface area contributed by atoms with Crippen molar-refractivity contribution in [2.24, 2.45) is 0 Å². The molecule has 2 heterocycles. The van der Waals surface area contributed by atoms with Crippen molar-refractivity contribution < 1.29 is 13.9 Å². The van der Waals surface area contributed by atoms with Crippen LogP contribution in [0.3, 0.4) is 0 Å². The summed E-state index contributed by atoms with van der Waals surface area (Å²) in [5.41, 5.74) is 4.24. The average Bonchev–Trinajstić information content (AvgIpc) is 3.45. The molecule has 1 saturated heterocycles. The predicted molar refractivity (Wildman–Crippen MR) is 144 cm³/mol. The third kappa shape index (κ3) is 5.68.